The molecule has 0 fully saturated rings. The molecule has 0 saturated carbocycles. The number of ether oxygens (including phenoxy) is 1. The molecular weight excluding hydrogens is 207 g/mol. The second-order valence-electron chi connectivity index (χ2n) is 4.75. The smallest absolute Gasteiger partial charge is 0.372 e. The van der Waals surface area contributed by atoms with Gasteiger partial charge in [-0.3, -0.25) is 0 Å². The van der Waals surface area contributed by atoms with E-state index in [9.17, 15) is 13.2 Å². The van der Waals surface area contributed by atoms with Gasteiger partial charge in [0.05, 0.1) is 6.61 Å². The minimum Gasteiger partial charge on any atom is -0.372 e. The molecule has 0 spiro atoms. The molecule has 1 unspecified atom stereocenters. The van der Waals surface area contributed by atoms with Crippen LogP contribution in [0.1, 0.15) is 20.8 Å². The number of hydrogen-bond donors (Lipinski definition) is 1. The van der Waals surface area contributed by atoms with Crippen molar-refractivity contribution in [2.45, 2.75) is 26.9 Å². The van der Waals surface area contributed by atoms with Crippen molar-refractivity contribution in [3.05, 3.63) is 0 Å². The van der Waals surface area contributed by atoms with E-state index in [4.69, 9.17) is 0 Å². The van der Waals surface area contributed by atoms with Gasteiger partial charge in [-0.25, -0.2) is 0 Å². The van der Waals surface area contributed by atoms with Crippen LogP contribution in [0.25, 0.3) is 0 Å². The van der Waals surface area contributed by atoms with E-state index >= 15 is 0 Å². The topological polar surface area (TPSA) is 21.3 Å². The zero-order valence-corrected chi connectivity index (χ0v) is 9.74. The van der Waals surface area contributed by atoms with Crippen LogP contribution in [0.4, 0.5) is 13.2 Å². The molecule has 0 radical (unpaired) electrons. The number of halogens is 3. The molecule has 0 saturated heterocycles. The van der Waals surface area contributed by atoms with E-state index < -0.39 is 12.8 Å². The minimum atomic E-state index is -4.23. The van der Waals surface area contributed by atoms with Crippen molar-refractivity contribution < 1.29 is 17.9 Å². The van der Waals surface area contributed by atoms with Crippen LogP contribution >= 0.6 is 0 Å². The van der Waals surface area contributed by atoms with Gasteiger partial charge in [0.2, 0.25) is 0 Å². The highest BCUT2D eigenvalue weighted by molar-refractivity contribution is 4.75. The molecule has 1 atom stereocenters. The summed E-state index contributed by atoms with van der Waals surface area (Å²) in [5.41, 5.74) is -0.0609. The summed E-state index contributed by atoms with van der Waals surface area (Å²) in [6.07, 6.45) is -4.23. The van der Waals surface area contributed by atoms with Crippen molar-refractivity contribution in [1.82, 2.24) is 5.32 Å². The molecule has 0 rings (SSSR count). The highest BCUT2D eigenvalue weighted by Gasteiger charge is 2.30. The molecule has 0 aromatic carbocycles. The van der Waals surface area contributed by atoms with Gasteiger partial charge in [0.15, 0.2) is 0 Å². The minimum absolute atomic E-state index is 0.0609. The van der Waals surface area contributed by atoms with Crippen LogP contribution in [0.3, 0.4) is 0 Å². The third kappa shape index (κ3) is 7.62. The Bertz CT molecular complexity index is 174. The van der Waals surface area contributed by atoms with Gasteiger partial charge in [-0.2, -0.15) is 13.2 Å². The summed E-state index contributed by atoms with van der Waals surface area (Å²) in [7, 11) is 1.78. The predicted octanol–water partition coefficient (Wildman–Crippen LogP) is 2.45. The molecule has 0 bridgehead atoms. The molecule has 0 aliphatic heterocycles. The maximum absolute atomic E-state index is 11.8. The van der Waals surface area contributed by atoms with Crippen molar-refractivity contribution in [2.24, 2.45) is 11.3 Å². The number of alkyl halides is 3. The van der Waals surface area contributed by atoms with Gasteiger partial charge in [0.1, 0.15) is 6.61 Å². The van der Waals surface area contributed by atoms with Gasteiger partial charge < -0.3 is 10.1 Å². The summed E-state index contributed by atoms with van der Waals surface area (Å²) in [5, 5.41) is 2.96. The zero-order valence-electron chi connectivity index (χ0n) is 9.74. The maximum Gasteiger partial charge on any atom is 0.411 e. The first kappa shape index (κ1) is 14.7. The fourth-order valence-corrected chi connectivity index (χ4v) is 1.18. The summed E-state index contributed by atoms with van der Waals surface area (Å²) in [6.45, 7) is 5.60. The second-order valence-corrected chi connectivity index (χ2v) is 4.75. The van der Waals surface area contributed by atoms with Crippen molar-refractivity contribution >= 4 is 0 Å². The molecular formula is C10H20F3NO. The fraction of sp³-hybridized carbons (Fsp3) is 1.00. The lowest BCUT2D eigenvalue weighted by atomic mass is 9.81. The Hall–Kier alpha value is -0.290. The average Bonchev–Trinajstić information content (AvgIpc) is 1.98. The third-order valence-corrected chi connectivity index (χ3v) is 2.26. The van der Waals surface area contributed by atoms with Gasteiger partial charge in [-0.1, -0.05) is 20.8 Å². The van der Waals surface area contributed by atoms with Crippen molar-refractivity contribution in [3.63, 3.8) is 0 Å². The Labute approximate surface area is 89.2 Å². The largest absolute Gasteiger partial charge is 0.411 e. The zero-order chi connectivity index (χ0) is 12.1. The average molecular weight is 227 g/mol. The lowest BCUT2D eigenvalue weighted by molar-refractivity contribution is -0.178. The van der Waals surface area contributed by atoms with Crippen molar-refractivity contribution in [1.29, 1.82) is 0 Å². The lowest BCUT2D eigenvalue weighted by Crippen LogP contribution is -2.34. The Morgan fingerprint density at radius 2 is 1.73 bits per heavy atom. The molecule has 0 aromatic rings. The van der Waals surface area contributed by atoms with Crippen LogP contribution in [0.2, 0.25) is 0 Å². The lowest BCUT2D eigenvalue weighted by Gasteiger charge is -2.30. The van der Waals surface area contributed by atoms with E-state index in [1.54, 1.807) is 7.05 Å². The molecule has 1 N–H and O–H groups in total. The summed E-state index contributed by atoms with van der Waals surface area (Å²) in [5.74, 6) is 0.0739. The third-order valence-electron chi connectivity index (χ3n) is 2.26. The molecule has 2 nitrogen and oxygen atoms in total. The molecule has 0 amide bonds. The first-order chi connectivity index (χ1) is 6.67. The number of nitrogens with one attached hydrogen (secondary N) is 1. The summed E-state index contributed by atoms with van der Waals surface area (Å²) in [6, 6.07) is 0. The van der Waals surface area contributed by atoms with Gasteiger partial charge in [-0.05, 0) is 18.4 Å². The summed E-state index contributed by atoms with van der Waals surface area (Å²) >= 11 is 0. The molecule has 15 heavy (non-hydrogen) atoms. The SMILES string of the molecule is CNCC(COCC(F)(F)F)C(C)(C)C. The predicted molar refractivity (Wildman–Crippen MR) is 53.7 cm³/mol. The maximum atomic E-state index is 11.8. The normalized spacial score (nSPS) is 15.4. The highest BCUT2D eigenvalue weighted by Crippen LogP contribution is 2.26. The fourth-order valence-electron chi connectivity index (χ4n) is 1.18. The van der Waals surface area contributed by atoms with Crippen LogP contribution in [0.15, 0.2) is 0 Å². The molecule has 0 aliphatic carbocycles. The van der Waals surface area contributed by atoms with Crippen LogP contribution < -0.4 is 5.32 Å². The Morgan fingerprint density at radius 1 is 1.20 bits per heavy atom. The molecule has 0 aliphatic rings. The van der Waals surface area contributed by atoms with E-state index in [-0.39, 0.29) is 17.9 Å². The summed E-state index contributed by atoms with van der Waals surface area (Å²) in [4.78, 5) is 0. The van der Waals surface area contributed by atoms with E-state index in [0.717, 1.165) is 0 Å². The van der Waals surface area contributed by atoms with E-state index in [1.807, 2.05) is 20.8 Å². The van der Waals surface area contributed by atoms with Gasteiger partial charge in [0.25, 0.3) is 0 Å². The molecule has 5 heteroatoms. The van der Waals surface area contributed by atoms with E-state index in [0.29, 0.717) is 6.54 Å². The Morgan fingerprint density at radius 3 is 2.07 bits per heavy atom. The summed E-state index contributed by atoms with van der Waals surface area (Å²) < 4.78 is 40.2. The van der Waals surface area contributed by atoms with Crippen LogP contribution in [0.5, 0.6) is 0 Å². The van der Waals surface area contributed by atoms with Gasteiger partial charge in [-0.15, -0.1) is 0 Å². The van der Waals surface area contributed by atoms with Gasteiger partial charge in [0, 0.05) is 6.54 Å². The van der Waals surface area contributed by atoms with Crippen molar-refractivity contribution in [2.75, 3.05) is 26.8 Å². The molecule has 92 valence electrons. The monoisotopic (exact) mass is 227 g/mol. The first-order valence-electron chi connectivity index (χ1n) is 4.96. The van der Waals surface area contributed by atoms with Crippen LogP contribution in [-0.4, -0.2) is 33.0 Å². The number of hydrogen-bond acceptors (Lipinski definition) is 2. The quantitative estimate of drug-likeness (QED) is 0.779. The standard InChI is InChI=1S/C10H20F3NO/c1-9(2,3)8(5-14-4)6-15-7-10(11,12)13/h8,14H,5-7H2,1-4H3. The Balaban J connectivity index is 3.98. The van der Waals surface area contributed by atoms with Crippen LogP contribution in [0, 0.1) is 11.3 Å². The molecule has 0 heterocycles. The van der Waals surface area contributed by atoms with E-state index in [1.165, 1.54) is 0 Å². The Kier molecular flexibility index (Phi) is 5.59. The van der Waals surface area contributed by atoms with Crippen molar-refractivity contribution in [3.8, 4) is 0 Å². The first-order valence-corrected chi connectivity index (χ1v) is 4.96. The highest BCUT2D eigenvalue weighted by atomic mass is 19.4. The number of rotatable bonds is 5. The molecule has 0 aromatic heterocycles. The van der Waals surface area contributed by atoms with E-state index in [2.05, 4.69) is 10.1 Å². The second kappa shape index (κ2) is 5.70. The van der Waals surface area contributed by atoms with Crippen LogP contribution in [-0.2, 0) is 4.74 Å². The van der Waals surface area contributed by atoms with Gasteiger partial charge >= 0.3 is 6.18 Å².